The lowest BCUT2D eigenvalue weighted by atomic mass is 10.0. The fourth-order valence-corrected chi connectivity index (χ4v) is 3.26. The van der Waals surface area contributed by atoms with E-state index in [0.29, 0.717) is 0 Å². The molecule has 3 nitrogen and oxygen atoms in total. The van der Waals surface area contributed by atoms with Crippen molar-refractivity contribution in [1.82, 2.24) is 14.5 Å². The molecule has 25 heavy (non-hydrogen) atoms. The van der Waals surface area contributed by atoms with Gasteiger partial charge in [0, 0.05) is 17.7 Å². The van der Waals surface area contributed by atoms with E-state index in [1.165, 1.54) is 16.8 Å². The van der Waals surface area contributed by atoms with Crippen LogP contribution in [0.15, 0.2) is 67.0 Å². The van der Waals surface area contributed by atoms with Crippen molar-refractivity contribution < 1.29 is 0 Å². The maximum atomic E-state index is 4.75. The fourth-order valence-electron chi connectivity index (χ4n) is 3.26. The number of imidazole rings is 1. The van der Waals surface area contributed by atoms with Crippen molar-refractivity contribution in [1.29, 1.82) is 0 Å². The second-order valence-electron chi connectivity index (χ2n) is 6.25. The van der Waals surface area contributed by atoms with Crippen LogP contribution in [0.4, 0.5) is 0 Å². The van der Waals surface area contributed by atoms with Crippen molar-refractivity contribution in [3.05, 3.63) is 67.0 Å². The van der Waals surface area contributed by atoms with E-state index >= 15 is 0 Å². The van der Waals surface area contributed by atoms with Crippen LogP contribution in [0.1, 0.15) is 20.3 Å². The Kier molecular flexibility index (Phi) is 6.02. The summed E-state index contributed by atoms with van der Waals surface area (Å²) < 4.78 is 2.31. The fraction of sp³-hybridized carbons (Fsp3) is 0.318. The number of benzene rings is 2. The van der Waals surface area contributed by atoms with Gasteiger partial charge in [0.05, 0.1) is 17.7 Å². The number of hydrogen-bond donors (Lipinski definition) is 0. The summed E-state index contributed by atoms with van der Waals surface area (Å²) in [6, 6.07) is 21.1. The molecule has 3 rings (SSSR count). The topological polar surface area (TPSA) is 21.1 Å². The Labute approximate surface area is 150 Å². The largest absolute Gasteiger partial charge is 0.330 e. The minimum Gasteiger partial charge on any atom is -0.330 e. The van der Waals surface area contributed by atoms with Gasteiger partial charge in [-0.05, 0) is 26.1 Å². The molecule has 0 N–H and O–H groups in total. The second-order valence-corrected chi connectivity index (χ2v) is 6.25. The molecule has 1 heterocycles. The van der Waals surface area contributed by atoms with Crippen LogP contribution < -0.4 is 0 Å². The van der Waals surface area contributed by atoms with Crippen molar-refractivity contribution in [2.45, 2.75) is 26.8 Å². The summed E-state index contributed by atoms with van der Waals surface area (Å²) in [5, 5.41) is 0. The first-order chi connectivity index (χ1) is 12.3. The van der Waals surface area contributed by atoms with Crippen LogP contribution in [0.3, 0.4) is 0 Å². The first-order valence-corrected chi connectivity index (χ1v) is 9.21. The second kappa shape index (κ2) is 8.63. The van der Waals surface area contributed by atoms with Gasteiger partial charge in [0.2, 0.25) is 0 Å². The van der Waals surface area contributed by atoms with Crippen LogP contribution in [0.5, 0.6) is 0 Å². The number of aromatic nitrogens is 2. The molecule has 0 aliphatic heterocycles. The van der Waals surface area contributed by atoms with E-state index in [1.807, 2.05) is 12.4 Å². The Hall–Kier alpha value is -2.39. The Morgan fingerprint density at radius 2 is 1.44 bits per heavy atom. The molecule has 0 fully saturated rings. The maximum Gasteiger partial charge on any atom is 0.0963 e. The third-order valence-corrected chi connectivity index (χ3v) is 4.70. The molecule has 0 aliphatic carbocycles. The van der Waals surface area contributed by atoms with Crippen LogP contribution in [0.2, 0.25) is 0 Å². The van der Waals surface area contributed by atoms with Gasteiger partial charge in [0.25, 0.3) is 0 Å². The number of nitrogens with zero attached hydrogens (tertiary/aromatic N) is 3. The highest BCUT2D eigenvalue weighted by atomic mass is 15.1. The first kappa shape index (κ1) is 17.4. The highest BCUT2D eigenvalue weighted by molar-refractivity contribution is 5.78. The molecule has 3 aromatic rings. The SMILES string of the molecule is CCN(CC)CCCn1cnc(-c2ccccc2)c1-c1ccccc1. The standard InChI is InChI=1S/C22H27N3/c1-3-24(4-2)16-11-17-25-18-23-21(19-12-7-5-8-13-19)22(25)20-14-9-6-10-15-20/h5-10,12-15,18H,3-4,11,16-17H2,1-2H3. The van der Waals surface area contributed by atoms with E-state index in [-0.39, 0.29) is 0 Å². The molecule has 0 amide bonds. The summed E-state index contributed by atoms with van der Waals surface area (Å²) in [6.45, 7) is 8.79. The Morgan fingerprint density at radius 3 is 2.04 bits per heavy atom. The zero-order valence-electron chi connectivity index (χ0n) is 15.2. The number of aryl methyl sites for hydroxylation is 1. The van der Waals surface area contributed by atoms with Gasteiger partial charge in [0.1, 0.15) is 0 Å². The Bertz CT molecular complexity index is 758. The van der Waals surface area contributed by atoms with E-state index in [4.69, 9.17) is 4.98 Å². The van der Waals surface area contributed by atoms with Gasteiger partial charge in [-0.25, -0.2) is 4.98 Å². The molecule has 0 radical (unpaired) electrons. The van der Waals surface area contributed by atoms with E-state index in [1.54, 1.807) is 0 Å². The van der Waals surface area contributed by atoms with Crippen molar-refractivity contribution in [2.24, 2.45) is 0 Å². The predicted molar refractivity (Wildman–Crippen MR) is 106 cm³/mol. The number of rotatable bonds is 8. The van der Waals surface area contributed by atoms with E-state index in [9.17, 15) is 0 Å². The summed E-state index contributed by atoms with van der Waals surface area (Å²) in [5.74, 6) is 0. The van der Waals surface area contributed by atoms with E-state index in [0.717, 1.165) is 38.3 Å². The van der Waals surface area contributed by atoms with Gasteiger partial charge >= 0.3 is 0 Å². The van der Waals surface area contributed by atoms with Crippen LogP contribution in [-0.2, 0) is 6.54 Å². The quantitative estimate of drug-likeness (QED) is 0.581. The molecule has 0 spiro atoms. The maximum absolute atomic E-state index is 4.75. The summed E-state index contributed by atoms with van der Waals surface area (Å²) in [5.41, 5.74) is 4.67. The average molecular weight is 333 g/mol. The van der Waals surface area contributed by atoms with Crippen molar-refractivity contribution in [2.75, 3.05) is 19.6 Å². The van der Waals surface area contributed by atoms with Gasteiger partial charge < -0.3 is 9.47 Å². The Morgan fingerprint density at radius 1 is 0.840 bits per heavy atom. The predicted octanol–water partition coefficient (Wildman–Crippen LogP) is 4.95. The molecule has 130 valence electrons. The first-order valence-electron chi connectivity index (χ1n) is 9.21. The average Bonchev–Trinajstić information content (AvgIpc) is 3.10. The van der Waals surface area contributed by atoms with Crippen molar-refractivity contribution in [3.8, 4) is 22.5 Å². The van der Waals surface area contributed by atoms with Gasteiger partial charge in [-0.1, -0.05) is 74.5 Å². The molecule has 2 aromatic carbocycles. The highest BCUT2D eigenvalue weighted by Crippen LogP contribution is 2.31. The molecule has 0 unspecified atom stereocenters. The Balaban J connectivity index is 1.90. The highest BCUT2D eigenvalue weighted by Gasteiger charge is 2.14. The third kappa shape index (κ3) is 4.18. The minimum absolute atomic E-state index is 0.987. The lowest BCUT2D eigenvalue weighted by molar-refractivity contribution is 0.293. The summed E-state index contributed by atoms with van der Waals surface area (Å²) in [6.07, 6.45) is 3.12. The lowest BCUT2D eigenvalue weighted by Crippen LogP contribution is -2.24. The molecule has 3 heteroatoms. The summed E-state index contributed by atoms with van der Waals surface area (Å²) in [7, 11) is 0. The van der Waals surface area contributed by atoms with Crippen LogP contribution >= 0.6 is 0 Å². The molecule has 0 aliphatic rings. The van der Waals surface area contributed by atoms with Gasteiger partial charge in [-0.3, -0.25) is 0 Å². The zero-order chi connectivity index (χ0) is 17.5. The monoisotopic (exact) mass is 333 g/mol. The molecule has 0 saturated carbocycles. The third-order valence-electron chi connectivity index (χ3n) is 4.70. The lowest BCUT2D eigenvalue weighted by Gasteiger charge is -2.18. The number of hydrogen-bond acceptors (Lipinski definition) is 2. The van der Waals surface area contributed by atoms with E-state index < -0.39 is 0 Å². The zero-order valence-corrected chi connectivity index (χ0v) is 15.2. The summed E-state index contributed by atoms with van der Waals surface area (Å²) >= 11 is 0. The molecular weight excluding hydrogens is 306 g/mol. The van der Waals surface area contributed by atoms with Crippen LogP contribution in [-0.4, -0.2) is 34.1 Å². The molecule has 0 bridgehead atoms. The molecule has 0 saturated heterocycles. The molecule has 1 aromatic heterocycles. The van der Waals surface area contributed by atoms with Gasteiger partial charge in [0.15, 0.2) is 0 Å². The van der Waals surface area contributed by atoms with Crippen LogP contribution in [0.25, 0.3) is 22.5 Å². The molecule has 0 atom stereocenters. The molecular formula is C22H27N3. The van der Waals surface area contributed by atoms with Crippen molar-refractivity contribution in [3.63, 3.8) is 0 Å². The van der Waals surface area contributed by atoms with Crippen molar-refractivity contribution >= 4 is 0 Å². The van der Waals surface area contributed by atoms with Gasteiger partial charge in [-0.2, -0.15) is 0 Å². The smallest absolute Gasteiger partial charge is 0.0963 e. The summed E-state index contributed by atoms with van der Waals surface area (Å²) in [4.78, 5) is 7.22. The van der Waals surface area contributed by atoms with Gasteiger partial charge in [-0.15, -0.1) is 0 Å². The normalized spacial score (nSPS) is 11.2. The minimum atomic E-state index is 0.987. The van der Waals surface area contributed by atoms with E-state index in [2.05, 4.69) is 77.9 Å². The van der Waals surface area contributed by atoms with Crippen LogP contribution in [0, 0.1) is 0 Å².